The predicted molar refractivity (Wildman–Crippen MR) is 155 cm³/mol. The Morgan fingerprint density at radius 1 is 1.27 bits per heavy atom. The summed E-state index contributed by atoms with van der Waals surface area (Å²) < 4.78 is 11.7. The number of ether oxygens (including phenoxy) is 1. The van der Waals surface area contributed by atoms with Gasteiger partial charge < -0.3 is 24.9 Å². The molecule has 5 rings (SSSR count). The number of furan rings is 1. The average Bonchev–Trinajstić information content (AvgIpc) is 3.71. The van der Waals surface area contributed by atoms with Crippen molar-refractivity contribution in [3.05, 3.63) is 52.4 Å². The smallest absolute Gasteiger partial charge is 0.352 e. The van der Waals surface area contributed by atoms with Gasteiger partial charge in [0.05, 0.1) is 31.3 Å². The van der Waals surface area contributed by atoms with Crippen LogP contribution in [0.2, 0.25) is 0 Å². The molecule has 6 amide bonds. The van der Waals surface area contributed by atoms with Crippen LogP contribution in [-0.2, 0) is 31.0 Å². The first-order chi connectivity index (χ1) is 21.4. The molecule has 2 aromatic rings. The lowest BCUT2D eigenvalue weighted by molar-refractivity contribution is -0.151. The van der Waals surface area contributed by atoms with Gasteiger partial charge in [-0.15, -0.1) is 11.8 Å². The van der Waals surface area contributed by atoms with E-state index < -0.39 is 53.3 Å². The van der Waals surface area contributed by atoms with E-state index in [-0.39, 0.29) is 36.7 Å². The molecule has 3 aliphatic heterocycles. The monoisotopic (exact) mass is 642 g/mol. The van der Waals surface area contributed by atoms with E-state index >= 15 is 0 Å². The van der Waals surface area contributed by atoms with Crippen molar-refractivity contribution in [3.63, 3.8) is 0 Å². The number of carboxylic acids is 1. The Kier molecular flexibility index (Phi) is 8.67. The maximum absolute atomic E-state index is 13.8. The molecule has 5 heterocycles. The van der Waals surface area contributed by atoms with Crippen LogP contribution in [-0.4, -0.2) is 109 Å². The van der Waals surface area contributed by atoms with E-state index in [0.29, 0.717) is 22.7 Å². The number of hydrogen-bond acceptors (Lipinski definition) is 11. The van der Waals surface area contributed by atoms with Crippen LogP contribution in [0.1, 0.15) is 35.7 Å². The molecule has 0 bridgehead atoms. The molecule has 0 radical (unpaired) electrons. The number of esters is 1. The van der Waals surface area contributed by atoms with Gasteiger partial charge in [-0.25, -0.2) is 24.3 Å². The fraction of sp³-hybridized carbons (Fsp3) is 0.407. The second-order valence-electron chi connectivity index (χ2n) is 10.3. The first-order valence-electron chi connectivity index (χ1n) is 13.7. The number of rotatable bonds is 9. The minimum absolute atomic E-state index is 0.00569. The molecule has 3 N–H and O–H groups in total. The molecule has 2 saturated heterocycles. The van der Waals surface area contributed by atoms with Crippen LogP contribution in [0.5, 0.6) is 0 Å². The van der Waals surface area contributed by atoms with E-state index in [1.165, 1.54) is 35.8 Å². The number of nitrogens with one attached hydrogen (secondary N) is 2. The summed E-state index contributed by atoms with van der Waals surface area (Å²) in [4.78, 5) is 78.6. The van der Waals surface area contributed by atoms with Crippen molar-refractivity contribution in [2.75, 3.05) is 25.4 Å². The zero-order valence-electron chi connectivity index (χ0n) is 24.7. The third-order valence-corrected chi connectivity index (χ3v) is 8.82. The summed E-state index contributed by atoms with van der Waals surface area (Å²) in [6.07, 6.45) is 2.79. The Morgan fingerprint density at radius 2 is 2.02 bits per heavy atom. The molecule has 2 fully saturated rings. The highest BCUT2D eigenvalue weighted by Crippen LogP contribution is 2.40. The van der Waals surface area contributed by atoms with Crippen molar-refractivity contribution in [2.24, 2.45) is 12.1 Å². The van der Waals surface area contributed by atoms with E-state index in [0.717, 1.165) is 14.8 Å². The highest BCUT2D eigenvalue weighted by molar-refractivity contribution is 8.00. The van der Waals surface area contributed by atoms with E-state index in [1.54, 1.807) is 33.0 Å². The number of fused-ring (bicyclic) bond motifs is 1. The number of aliphatic carboxylic acids is 1. The Hall–Kier alpha value is -5.13. The summed E-state index contributed by atoms with van der Waals surface area (Å²) >= 11 is 1.20. The fourth-order valence-electron chi connectivity index (χ4n) is 5.21. The van der Waals surface area contributed by atoms with E-state index in [1.807, 2.05) is 0 Å². The molecule has 0 aliphatic carbocycles. The minimum Gasteiger partial charge on any atom is -0.477 e. The van der Waals surface area contributed by atoms with Crippen molar-refractivity contribution < 1.29 is 43.0 Å². The first-order valence-corrected chi connectivity index (χ1v) is 14.7. The summed E-state index contributed by atoms with van der Waals surface area (Å²) in [5.74, 6) is -2.85. The topological polar surface area (TPSA) is 209 Å². The molecule has 1 unspecified atom stereocenters. The minimum atomic E-state index is -1.37. The standard InChI is InChI=1S/C27H30N8O9S/c1-13-18(14(2)32(4)31-13)19(30-26(41)33-7-8-34(27(33)42)28-10-17-6-5-9-43-17)22(37)29-20-23(38)35-21(25(39)40)16(11-44-15(3)36)12-45-24(20)35/h5-6,9-10,19-20,24H,7-8,11-12H2,1-4H3,(H,29,37)(H,30,41)(H,39,40)/t19?,20-,24-/m1/s1. The van der Waals surface area contributed by atoms with Gasteiger partial charge in [0, 0.05) is 36.6 Å². The summed E-state index contributed by atoms with van der Waals surface area (Å²) in [7, 11) is 1.67. The molecule has 238 valence electrons. The van der Waals surface area contributed by atoms with Crippen molar-refractivity contribution in [1.82, 2.24) is 35.2 Å². The number of nitrogens with zero attached hydrogens (tertiary/aromatic N) is 6. The van der Waals surface area contributed by atoms with Crippen molar-refractivity contribution in [3.8, 4) is 0 Å². The molecular weight excluding hydrogens is 612 g/mol. The third kappa shape index (κ3) is 6.00. The molecule has 2 aromatic heterocycles. The van der Waals surface area contributed by atoms with Crippen LogP contribution in [0.3, 0.4) is 0 Å². The van der Waals surface area contributed by atoms with Crippen LogP contribution in [0.25, 0.3) is 0 Å². The maximum Gasteiger partial charge on any atom is 0.352 e. The number of thioether (sulfide) groups is 1. The number of β-lactam (4-membered cyclic amide) rings is 1. The number of carbonyl (C=O) groups excluding carboxylic acids is 5. The van der Waals surface area contributed by atoms with Gasteiger partial charge in [0.1, 0.15) is 35.5 Å². The van der Waals surface area contributed by atoms with Crippen LogP contribution < -0.4 is 10.6 Å². The molecule has 17 nitrogen and oxygen atoms in total. The number of hydrazone groups is 1. The number of hydrogen-bond donors (Lipinski definition) is 3. The Labute approximate surface area is 260 Å². The Balaban J connectivity index is 1.33. The van der Waals surface area contributed by atoms with E-state index in [2.05, 4.69) is 20.8 Å². The Bertz CT molecular complexity index is 1630. The lowest BCUT2D eigenvalue weighted by Gasteiger charge is -2.49. The zero-order valence-corrected chi connectivity index (χ0v) is 25.5. The second-order valence-corrected chi connectivity index (χ2v) is 11.4. The van der Waals surface area contributed by atoms with Crippen LogP contribution in [0.15, 0.2) is 39.2 Å². The maximum atomic E-state index is 13.8. The average molecular weight is 643 g/mol. The van der Waals surface area contributed by atoms with Crippen molar-refractivity contribution in [2.45, 2.75) is 38.2 Å². The molecule has 18 heteroatoms. The highest BCUT2D eigenvalue weighted by atomic mass is 32.2. The van der Waals surface area contributed by atoms with Crippen LogP contribution in [0, 0.1) is 13.8 Å². The van der Waals surface area contributed by atoms with E-state index in [9.17, 15) is 33.9 Å². The molecule has 0 spiro atoms. The summed E-state index contributed by atoms with van der Waals surface area (Å²) in [5.41, 5.74) is 1.32. The van der Waals surface area contributed by atoms with Crippen molar-refractivity contribution >= 4 is 53.8 Å². The number of carbonyl (C=O) groups is 6. The van der Waals surface area contributed by atoms with Crippen molar-refractivity contribution in [1.29, 1.82) is 0 Å². The normalized spacial score (nSPS) is 20.3. The number of amides is 6. The lowest BCUT2D eigenvalue weighted by Crippen LogP contribution is -2.71. The quantitative estimate of drug-likeness (QED) is 0.194. The van der Waals surface area contributed by atoms with E-state index in [4.69, 9.17) is 9.15 Å². The number of aromatic nitrogens is 2. The van der Waals surface area contributed by atoms with Gasteiger partial charge in [-0.1, -0.05) is 0 Å². The van der Waals surface area contributed by atoms with Gasteiger partial charge in [-0.05, 0) is 26.0 Å². The summed E-state index contributed by atoms with van der Waals surface area (Å²) in [6, 6.07) is -0.733. The number of carboxylic acid groups (broad SMARTS) is 1. The SMILES string of the molecule is CC(=O)OCC1=C(C(=O)O)N2C(=O)[C@@H](NC(=O)C(NC(=O)N3CCN(N=Cc4ccco4)C3=O)c3c(C)nn(C)c3C)[C@H]2SC1. The first kappa shape index (κ1) is 31.3. The largest absolute Gasteiger partial charge is 0.477 e. The van der Waals surface area contributed by atoms with Gasteiger partial charge in [-0.3, -0.25) is 24.0 Å². The summed E-state index contributed by atoms with van der Waals surface area (Å²) in [6.45, 7) is 4.36. The molecule has 3 atom stereocenters. The van der Waals surface area contributed by atoms with Gasteiger partial charge in [-0.2, -0.15) is 10.2 Å². The second kappa shape index (κ2) is 12.5. The molecule has 45 heavy (non-hydrogen) atoms. The number of imide groups is 1. The lowest BCUT2D eigenvalue weighted by atomic mass is 10.00. The predicted octanol–water partition coefficient (Wildman–Crippen LogP) is 0.454. The molecule has 0 saturated carbocycles. The van der Waals surface area contributed by atoms with Gasteiger partial charge >= 0.3 is 24.0 Å². The third-order valence-electron chi connectivity index (χ3n) is 7.48. The highest BCUT2D eigenvalue weighted by Gasteiger charge is 2.55. The summed E-state index contributed by atoms with van der Waals surface area (Å²) in [5, 5.41) is 23.8. The number of urea groups is 2. The van der Waals surface area contributed by atoms with Gasteiger partial charge in [0.15, 0.2) is 0 Å². The molecule has 0 aromatic carbocycles. The van der Waals surface area contributed by atoms with Crippen LogP contribution in [0.4, 0.5) is 9.59 Å². The van der Waals surface area contributed by atoms with Gasteiger partial charge in [0.2, 0.25) is 5.91 Å². The molecular formula is C27H30N8O9S. The fourth-order valence-corrected chi connectivity index (χ4v) is 6.54. The van der Waals surface area contributed by atoms with Gasteiger partial charge in [0.25, 0.3) is 5.91 Å². The molecule has 3 aliphatic rings. The number of aryl methyl sites for hydroxylation is 2. The zero-order chi connectivity index (χ0) is 32.6. The van der Waals surface area contributed by atoms with Crippen LogP contribution >= 0.6 is 11.8 Å². The Morgan fingerprint density at radius 3 is 2.64 bits per heavy atom.